The van der Waals surface area contributed by atoms with Crippen molar-refractivity contribution in [3.8, 4) is 0 Å². The Kier molecular flexibility index (Phi) is 4.73. The number of likely N-dealkylation sites (tertiary alicyclic amines) is 1. The molecule has 0 saturated carbocycles. The highest BCUT2D eigenvalue weighted by molar-refractivity contribution is 5.79. The van der Waals surface area contributed by atoms with Gasteiger partial charge in [-0.2, -0.15) is 0 Å². The molecule has 0 aromatic rings. The lowest BCUT2D eigenvalue weighted by molar-refractivity contribution is -0.140. The minimum Gasteiger partial charge on any atom is -0.481 e. The Balaban J connectivity index is 2.37. The summed E-state index contributed by atoms with van der Waals surface area (Å²) in [7, 11) is 0. The van der Waals surface area contributed by atoms with Gasteiger partial charge in [0.2, 0.25) is 5.91 Å². The monoisotopic (exact) mass is 228 g/mol. The molecule has 1 rings (SSSR count). The fraction of sp³-hybridized carbons (Fsp3) is 0.818. The second kappa shape index (κ2) is 5.84. The Bertz CT molecular complexity index is 262. The number of carboxylic acids is 1. The molecule has 1 heterocycles. The number of carbonyl (C=O) groups is 2. The molecule has 0 atom stereocenters. The molecule has 5 heteroatoms. The molecule has 0 aromatic carbocycles. The molecule has 0 bridgehead atoms. The highest BCUT2D eigenvalue weighted by Gasteiger charge is 2.23. The molecule has 0 radical (unpaired) electrons. The van der Waals surface area contributed by atoms with Crippen LogP contribution in [-0.2, 0) is 9.59 Å². The maximum Gasteiger partial charge on any atom is 0.304 e. The first kappa shape index (κ1) is 13.0. The molecular weight excluding hydrogens is 208 g/mol. The number of amides is 1. The van der Waals surface area contributed by atoms with Gasteiger partial charge >= 0.3 is 5.97 Å². The van der Waals surface area contributed by atoms with Crippen molar-refractivity contribution in [2.75, 3.05) is 26.2 Å². The van der Waals surface area contributed by atoms with Crippen LogP contribution in [0.25, 0.3) is 0 Å². The van der Waals surface area contributed by atoms with Crippen molar-refractivity contribution < 1.29 is 14.7 Å². The van der Waals surface area contributed by atoms with Gasteiger partial charge in [0.05, 0.1) is 13.0 Å². The smallest absolute Gasteiger partial charge is 0.304 e. The summed E-state index contributed by atoms with van der Waals surface area (Å²) in [5.74, 6) is -0.701. The zero-order valence-electron chi connectivity index (χ0n) is 9.98. The fourth-order valence-corrected chi connectivity index (χ4v) is 1.60. The van der Waals surface area contributed by atoms with E-state index in [1.807, 2.05) is 23.6 Å². The molecule has 1 aliphatic heterocycles. The first-order valence-corrected chi connectivity index (χ1v) is 5.74. The molecular formula is C11H20N2O3. The van der Waals surface area contributed by atoms with Crippen molar-refractivity contribution in [1.82, 2.24) is 9.80 Å². The molecule has 1 aliphatic rings. The Morgan fingerprint density at radius 2 is 2.00 bits per heavy atom. The molecule has 1 amide bonds. The van der Waals surface area contributed by atoms with Crippen LogP contribution in [0, 0.1) is 0 Å². The number of hydrogen-bond donors (Lipinski definition) is 1. The van der Waals surface area contributed by atoms with E-state index >= 15 is 0 Å². The molecule has 1 N–H and O–H groups in total. The number of aliphatic carboxylic acids is 1. The standard InChI is InChI=1S/C11H20N2O3/c1-9(2)13(7-4-11(15)16)8-10(14)12-5-3-6-12/h9H,3-8H2,1-2H3,(H,15,16). The Morgan fingerprint density at radius 3 is 2.38 bits per heavy atom. The molecule has 0 spiro atoms. The molecule has 92 valence electrons. The van der Waals surface area contributed by atoms with E-state index in [0.29, 0.717) is 13.1 Å². The summed E-state index contributed by atoms with van der Waals surface area (Å²) in [4.78, 5) is 25.9. The second-order valence-electron chi connectivity index (χ2n) is 4.44. The number of hydrogen-bond acceptors (Lipinski definition) is 3. The van der Waals surface area contributed by atoms with Crippen molar-refractivity contribution in [2.24, 2.45) is 0 Å². The zero-order valence-corrected chi connectivity index (χ0v) is 9.98. The maximum absolute atomic E-state index is 11.7. The summed E-state index contributed by atoms with van der Waals surface area (Å²) < 4.78 is 0. The van der Waals surface area contributed by atoms with Crippen LogP contribution in [-0.4, -0.2) is 59.0 Å². The van der Waals surface area contributed by atoms with Crippen molar-refractivity contribution in [3.05, 3.63) is 0 Å². The van der Waals surface area contributed by atoms with E-state index < -0.39 is 5.97 Å². The van der Waals surface area contributed by atoms with E-state index in [1.165, 1.54) is 0 Å². The first-order valence-electron chi connectivity index (χ1n) is 5.74. The van der Waals surface area contributed by atoms with Gasteiger partial charge in [-0.25, -0.2) is 0 Å². The van der Waals surface area contributed by atoms with Crippen LogP contribution in [0.2, 0.25) is 0 Å². The molecule has 5 nitrogen and oxygen atoms in total. The van der Waals surface area contributed by atoms with Crippen LogP contribution in [0.1, 0.15) is 26.7 Å². The fourth-order valence-electron chi connectivity index (χ4n) is 1.60. The Labute approximate surface area is 96.0 Å². The Hall–Kier alpha value is -1.10. The number of nitrogens with zero attached hydrogens (tertiary/aromatic N) is 2. The number of carboxylic acid groups (broad SMARTS) is 1. The molecule has 0 aliphatic carbocycles. The third-order valence-electron chi connectivity index (χ3n) is 2.89. The van der Waals surface area contributed by atoms with Gasteiger partial charge in [0.15, 0.2) is 0 Å². The van der Waals surface area contributed by atoms with E-state index in [-0.39, 0.29) is 18.4 Å². The summed E-state index contributed by atoms with van der Waals surface area (Å²) >= 11 is 0. The SMILES string of the molecule is CC(C)N(CCC(=O)O)CC(=O)N1CCC1. The van der Waals surface area contributed by atoms with E-state index in [2.05, 4.69) is 0 Å². The predicted octanol–water partition coefficient (Wildman–Crippen LogP) is 0.404. The summed E-state index contributed by atoms with van der Waals surface area (Å²) in [5, 5.41) is 8.62. The predicted molar refractivity (Wildman–Crippen MR) is 60.2 cm³/mol. The van der Waals surface area contributed by atoms with Crippen molar-refractivity contribution in [1.29, 1.82) is 0 Å². The zero-order chi connectivity index (χ0) is 12.1. The van der Waals surface area contributed by atoms with Crippen LogP contribution < -0.4 is 0 Å². The first-order chi connectivity index (χ1) is 7.50. The van der Waals surface area contributed by atoms with Crippen LogP contribution in [0.4, 0.5) is 0 Å². The van der Waals surface area contributed by atoms with Gasteiger partial charge < -0.3 is 10.0 Å². The van der Waals surface area contributed by atoms with Crippen LogP contribution in [0.15, 0.2) is 0 Å². The van der Waals surface area contributed by atoms with Gasteiger partial charge in [-0.05, 0) is 20.3 Å². The van der Waals surface area contributed by atoms with Crippen LogP contribution in [0.3, 0.4) is 0 Å². The summed E-state index contributed by atoms with van der Waals surface area (Å²) in [5.41, 5.74) is 0. The largest absolute Gasteiger partial charge is 0.481 e. The Morgan fingerprint density at radius 1 is 1.38 bits per heavy atom. The van der Waals surface area contributed by atoms with Gasteiger partial charge in [0, 0.05) is 25.7 Å². The van der Waals surface area contributed by atoms with Gasteiger partial charge in [-0.1, -0.05) is 0 Å². The summed E-state index contributed by atoms with van der Waals surface area (Å²) in [6.07, 6.45) is 1.17. The van der Waals surface area contributed by atoms with E-state index in [9.17, 15) is 9.59 Å². The molecule has 16 heavy (non-hydrogen) atoms. The molecule has 1 fully saturated rings. The second-order valence-corrected chi connectivity index (χ2v) is 4.44. The third-order valence-corrected chi connectivity index (χ3v) is 2.89. The third kappa shape index (κ3) is 3.81. The van der Waals surface area contributed by atoms with Crippen LogP contribution in [0.5, 0.6) is 0 Å². The number of rotatable bonds is 6. The van der Waals surface area contributed by atoms with Gasteiger partial charge in [-0.15, -0.1) is 0 Å². The quantitative estimate of drug-likeness (QED) is 0.715. The van der Waals surface area contributed by atoms with Gasteiger partial charge in [0.25, 0.3) is 0 Å². The van der Waals surface area contributed by atoms with Gasteiger partial charge in [-0.3, -0.25) is 14.5 Å². The lowest BCUT2D eigenvalue weighted by Crippen LogP contribution is -2.48. The minimum atomic E-state index is -0.818. The lowest BCUT2D eigenvalue weighted by atomic mass is 10.2. The molecule has 0 unspecified atom stereocenters. The number of carbonyl (C=O) groups excluding carboxylic acids is 1. The van der Waals surface area contributed by atoms with Crippen molar-refractivity contribution in [2.45, 2.75) is 32.7 Å². The summed E-state index contributed by atoms with van der Waals surface area (Å²) in [6, 6.07) is 0.199. The highest BCUT2D eigenvalue weighted by Crippen LogP contribution is 2.08. The summed E-state index contributed by atoms with van der Waals surface area (Å²) in [6.45, 7) is 6.43. The van der Waals surface area contributed by atoms with E-state index in [0.717, 1.165) is 19.5 Å². The van der Waals surface area contributed by atoms with Crippen molar-refractivity contribution in [3.63, 3.8) is 0 Å². The average molecular weight is 228 g/mol. The average Bonchev–Trinajstić information content (AvgIpc) is 2.08. The minimum absolute atomic E-state index is 0.0888. The van der Waals surface area contributed by atoms with E-state index in [4.69, 9.17) is 5.11 Å². The molecule has 0 aromatic heterocycles. The van der Waals surface area contributed by atoms with Crippen molar-refractivity contribution >= 4 is 11.9 Å². The normalized spacial score (nSPS) is 15.4. The molecule has 1 saturated heterocycles. The highest BCUT2D eigenvalue weighted by atomic mass is 16.4. The van der Waals surface area contributed by atoms with Gasteiger partial charge in [0.1, 0.15) is 0 Å². The topological polar surface area (TPSA) is 60.9 Å². The lowest BCUT2D eigenvalue weighted by Gasteiger charge is -2.34. The van der Waals surface area contributed by atoms with Crippen LogP contribution >= 0.6 is 0 Å². The maximum atomic E-state index is 11.7. The van der Waals surface area contributed by atoms with E-state index in [1.54, 1.807) is 0 Å².